The van der Waals surface area contributed by atoms with Crippen molar-refractivity contribution >= 4 is 0 Å². The van der Waals surface area contributed by atoms with Crippen LogP contribution in [-0.2, 0) is 0 Å². The number of hydrogen-bond acceptors (Lipinski definition) is 2. The molecule has 0 aromatic carbocycles. The topological polar surface area (TPSA) is 29.3 Å². The van der Waals surface area contributed by atoms with Crippen molar-refractivity contribution in [1.82, 2.24) is 4.90 Å². The summed E-state index contributed by atoms with van der Waals surface area (Å²) in [5.41, 5.74) is 5.77. The lowest BCUT2D eigenvalue weighted by atomic mass is 9.87. The first-order valence-corrected chi connectivity index (χ1v) is 7.23. The molecule has 1 heterocycles. The van der Waals surface area contributed by atoms with E-state index < -0.39 is 0 Å². The third kappa shape index (κ3) is 3.21. The molecule has 1 saturated carbocycles. The molecule has 0 amide bonds. The van der Waals surface area contributed by atoms with Crippen LogP contribution in [0, 0.1) is 11.8 Å². The van der Waals surface area contributed by atoms with Gasteiger partial charge in [-0.1, -0.05) is 32.1 Å². The minimum absolute atomic E-state index is 0.765. The van der Waals surface area contributed by atoms with Gasteiger partial charge >= 0.3 is 0 Å². The van der Waals surface area contributed by atoms with Crippen molar-refractivity contribution in [3.8, 4) is 0 Å². The van der Waals surface area contributed by atoms with Crippen molar-refractivity contribution in [1.29, 1.82) is 0 Å². The summed E-state index contributed by atoms with van der Waals surface area (Å²) in [4.78, 5) is 2.67. The number of hydrogen-bond donors (Lipinski definition) is 1. The lowest BCUT2D eigenvalue weighted by Gasteiger charge is -2.26. The average Bonchev–Trinajstić information content (AvgIpc) is 2.69. The van der Waals surface area contributed by atoms with E-state index in [4.69, 9.17) is 5.73 Å². The van der Waals surface area contributed by atoms with Gasteiger partial charge in [0.25, 0.3) is 0 Å². The van der Waals surface area contributed by atoms with Crippen LogP contribution in [0.1, 0.15) is 51.9 Å². The van der Waals surface area contributed by atoms with E-state index in [1.165, 1.54) is 58.0 Å². The Morgan fingerprint density at radius 3 is 2.50 bits per heavy atom. The van der Waals surface area contributed by atoms with E-state index >= 15 is 0 Å². The predicted molar refractivity (Wildman–Crippen MR) is 69.4 cm³/mol. The first-order valence-electron chi connectivity index (χ1n) is 7.23. The van der Waals surface area contributed by atoms with Gasteiger partial charge in [0.05, 0.1) is 0 Å². The van der Waals surface area contributed by atoms with Crippen LogP contribution in [0.15, 0.2) is 0 Å². The van der Waals surface area contributed by atoms with Crippen molar-refractivity contribution in [3.05, 3.63) is 0 Å². The number of nitrogens with two attached hydrogens (primary N) is 1. The quantitative estimate of drug-likeness (QED) is 0.795. The SMILES string of the molecule is CC1CC(CN)CN1CCC1CCCCC1. The van der Waals surface area contributed by atoms with Crippen LogP contribution in [0.25, 0.3) is 0 Å². The zero-order chi connectivity index (χ0) is 11.4. The van der Waals surface area contributed by atoms with Gasteiger partial charge in [-0.2, -0.15) is 0 Å². The highest BCUT2D eigenvalue weighted by molar-refractivity contribution is 4.83. The molecule has 0 aromatic rings. The van der Waals surface area contributed by atoms with Gasteiger partial charge in [-0.15, -0.1) is 0 Å². The maximum atomic E-state index is 5.77. The van der Waals surface area contributed by atoms with Crippen molar-refractivity contribution in [2.24, 2.45) is 17.6 Å². The van der Waals surface area contributed by atoms with Gasteiger partial charge in [-0.05, 0) is 44.7 Å². The molecule has 0 radical (unpaired) electrons. The molecule has 0 bridgehead atoms. The van der Waals surface area contributed by atoms with Crippen LogP contribution >= 0.6 is 0 Å². The Kier molecular flexibility index (Phi) is 4.66. The van der Waals surface area contributed by atoms with Crippen LogP contribution in [0.5, 0.6) is 0 Å². The maximum absolute atomic E-state index is 5.77. The fraction of sp³-hybridized carbons (Fsp3) is 1.00. The highest BCUT2D eigenvalue weighted by atomic mass is 15.2. The summed E-state index contributed by atoms with van der Waals surface area (Å²) in [6, 6.07) is 0.775. The molecule has 2 heteroatoms. The molecule has 1 aliphatic heterocycles. The number of rotatable bonds is 4. The smallest absolute Gasteiger partial charge is 0.00706 e. The van der Waals surface area contributed by atoms with E-state index in [2.05, 4.69) is 11.8 Å². The summed E-state index contributed by atoms with van der Waals surface area (Å²) in [6.07, 6.45) is 10.2. The summed E-state index contributed by atoms with van der Waals surface area (Å²) >= 11 is 0. The van der Waals surface area contributed by atoms with Gasteiger partial charge in [-0.25, -0.2) is 0 Å². The van der Waals surface area contributed by atoms with Crippen LogP contribution < -0.4 is 5.73 Å². The molecule has 1 saturated heterocycles. The van der Waals surface area contributed by atoms with E-state index in [0.717, 1.165) is 24.4 Å². The van der Waals surface area contributed by atoms with Crippen LogP contribution in [0.3, 0.4) is 0 Å². The molecule has 2 aliphatic rings. The molecular weight excluding hydrogens is 196 g/mol. The number of nitrogens with zero attached hydrogens (tertiary/aromatic N) is 1. The molecule has 1 aliphatic carbocycles. The van der Waals surface area contributed by atoms with E-state index in [0.29, 0.717) is 0 Å². The molecule has 16 heavy (non-hydrogen) atoms. The third-order valence-corrected chi connectivity index (χ3v) is 4.67. The summed E-state index contributed by atoms with van der Waals surface area (Å²) in [5, 5.41) is 0. The van der Waals surface area contributed by atoms with Gasteiger partial charge in [0, 0.05) is 12.6 Å². The second kappa shape index (κ2) is 6.02. The van der Waals surface area contributed by atoms with E-state index in [1.807, 2.05) is 0 Å². The van der Waals surface area contributed by atoms with Crippen molar-refractivity contribution < 1.29 is 0 Å². The zero-order valence-electron chi connectivity index (χ0n) is 10.8. The van der Waals surface area contributed by atoms with Crippen molar-refractivity contribution in [3.63, 3.8) is 0 Å². The van der Waals surface area contributed by atoms with Gasteiger partial charge in [0.2, 0.25) is 0 Å². The Labute approximate surface area is 101 Å². The largest absolute Gasteiger partial charge is 0.330 e. The first-order chi connectivity index (χ1) is 7.79. The normalized spacial score (nSPS) is 33.4. The standard InChI is InChI=1S/C14H28N2/c1-12-9-14(10-15)11-16(12)8-7-13-5-3-2-4-6-13/h12-14H,2-11,15H2,1H3. The minimum atomic E-state index is 0.765. The first kappa shape index (κ1) is 12.4. The molecule has 0 spiro atoms. The Balaban J connectivity index is 1.69. The van der Waals surface area contributed by atoms with Gasteiger partial charge in [-0.3, -0.25) is 0 Å². The molecule has 2 rings (SSSR count). The lowest BCUT2D eigenvalue weighted by Crippen LogP contribution is -2.30. The Morgan fingerprint density at radius 1 is 1.12 bits per heavy atom. The monoisotopic (exact) mass is 224 g/mol. The van der Waals surface area contributed by atoms with Crippen molar-refractivity contribution in [2.75, 3.05) is 19.6 Å². The molecule has 0 aromatic heterocycles. The Bertz CT molecular complexity index is 199. The van der Waals surface area contributed by atoms with E-state index in [-0.39, 0.29) is 0 Å². The fourth-order valence-corrected chi connectivity index (χ4v) is 3.52. The predicted octanol–water partition coefficient (Wildman–Crippen LogP) is 2.63. The van der Waals surface area contributed by atoms with Crippen LogP contribution in [0.2, 0.25) is 0 Å². The summed E-state index contributed by atoms with van der Waals surface area (Å²) < 4.78 is 0. The molecule has 2 atom stereocenters. The molecule has 2 fully saturated rings. The molecule has 94 valence electrons. The molecule has 2 N–H and O–H groups in total. The second-order valence-electron chi connectivity index (χ2n) is 5.97. The average molecular weight is 224 g/mol. The summed E-state index contributed by atoms with van der Waals surface area (Å²) in [5.74, 6) is 1.79. The number of likely N-dealkylation sites (tertiary alicyclic amines) is 1. The highest BCUT2D eigenvalue weighted by Crippen LogP contribution is 2.28. The summed E-state index contributed by atoms with van der Waals surface area (Å²) in [7, 11) is 0. The minimum Gasteiger partial charge on any atom is -0.330 e. The fourth-order valence-electron chi connectivity index (χ4n) is 3.52. The van der Waals surface area contributed by atoms with E-state index in [9.17, 15) is 0 Å². The Hall–Kier alpha value is -0.0800. The van der Waals surface area contributed by atoms with E-state index in [1.54, 1.807) is 0 Å². The van der Waals surface area contributed by atoms with Gasteiger partial charge in [0.15, 0.2) is 0 Å². The molecular formula is C14H28N2. The lowest BCUT2D eigenvalue weighted by molar-refractivity contribution is 0.224. The van der Waals surface area contributed by atoms with Crippen molar-refractivity contribution in [2.45, 2.75) is 57.9 Å². The third-order valence-electron chi connectivity index (χ3n) is 4.67. The Morgan fingerprint density at radius 2 is 1.88 bits per heavy atom. The molecule has 2 unspecified atom stereocenters. The van der Waals surface area contributed by atoms with Crippen LogP contribution in [-0.4, -0.2) is 30.6 Å². The highest BCUT2D eigenvalue weighted by Gasteiger charge is 2.28. The van der Waals surface area contributed by atoms with Crippen LogP contribution in [0.4, 0.5) is 0 Å². The molecule has 2 nitrogen and oxygen atoms in total. The second-order valence-corrected chi connectivity index (χ2v) is 5.97. The maximum Gasteiger partial charge on any atom is 0.00706 e. The van der Waals surface area contributed by atoms with Gasteiger partial charge < -0.3 is 10.6 Å². The summed E-state index contributed by atoms with van der Waals surface area (Å²) in [6.45, 7) is 5.83. The zero-order valence-corrected chi connectivity index (χ0v) is 10.8. The van der Waals surface area contributed by atoms with Gasteiger partial charge in [0.1, 0.15) is 0 Å².